The highest BCUT2D eigenvalue weighted by Crippen LogP contribution is 2.56. The summed E-state index contributed by atoms with van der Waals surface area (Å²) in [5.41, 5.74) is 3.25. The van der Waals surface area contributed by atoms with E-state index in [9.17, 15) is 9.90 Å². The lowest BCUT2D eigenvalue weighted by Gasteiger charge is -2.41. The summed E-state index contributed by atoms with van der Waals surface area (Å²) >= 11 is 0. The smallest absolute Gasteiger partial charge is 0.318 e. The maximum atomic E-state index is 12.3. The van der Waals surface area contributed by atoms with E-state index in [0.717, 1.165) is 60.3 Å². The Morgan fingerprint density at radius 1 is 1.12 bits per heavy atom. The number of carbonyl (C=O) groups is 1. The van der Waals surface area contributed by atoms with E-state index in [0.29, 0.717) is 51.4 Å². The summed E-state index contributed by atoms with van der Waals surface area (Å²) < 4.78 is 6.33. The van der Waals surface area contributed by atoms with Crippen molar-refractivity contribution in [1.29, 1.82) is 0 Å². The number of hydrogen-bond acceptors (Lipinski definition) is 8. The number of phenolic OH excluding ortho intramolecular Hbond substituents is 1. The zero-order valence-electron chi connectivity index (χ0n) is 23.8. The molecule has 0 unspecified atom stereocenters. The molecule has 9 nitrogen and oxygen atoms in total. The van der Waals surface area contributed by atoms with E-state index in [1.54, 1.807) is 0 Å². The fourth-order valence-electron chi connectivity index (χ4n) is 7.00. The quantitative estimate of drug-likeness (QED) is 0.462. The van der Waals surface area contributed by atoms with E-state index in [-0.39, 0.29) is 17.1 Å². The van der Waals surface area contributed by atoms with Crippen molar-refractivity contribution in [2.75, 3.05) is 62.7 Å². The number of carbonyl (C=O) groups excluding carboxylic acids is 1. The SMILES string of the molecule is C=CC(=O)N1CCN(c2nc(OC[C@@H]3CCCN3C)nc3c2C2(CC2)CN(c2cc(O)cc4ccccc24)C3)CC1. The predicted molar refractivity (Wildman–Crippen MR) is 160 cm³/mol. The Morgan fingerprint density at radius 2 is 1.93 bits per heavy atom. The number of amides is 1. The second-order valence-corrected chi connectivity index (χ2v) is 12.1. The largest absolute Gasteiger partial charge is 0.508 e. The Kier molecular flexibility index (Phi) is 6.49. The van der Waals surface area contributed by atoms with E-state index in [1.807, 2.05) is 29.2 Å². The van der Waals surface area contributed by atoms with Gasteiger partial charge >= 0.3 is 6.01 Å². The number of likely N-dealkylation sites (N-methyl/N-ethyl adjacent to an activating group) is 1. The monoisotopic (exact) mass is 554 g/mol. The molecule has 1 spiro atoms. The molecule has 2 aromatic carbocycles. The number of aromatic hydroxyl groups is 1. The third-order valence-corrected chi connectivity index (χ3v) is 9.47. The van der Waals surface area contributed by atoms with E-state index in [2.05, 4.69) is 40.5 Å². The number of nitrogens with zero attached hydrogens (tertiary/aromatic N) is 6. The van der Waals surface area contributed by atoms with E-state index >= 15 is 0 Å². The average molecular weight is 555 g/mol. The first kappa shape index (κ1) is 26.1. The first-order valence-electron chi connectivity index (χ1n) is 14.8. The molecule has 9 heteroatoms. The van der Waals surface area contributed by atoms with Gasteiger partial charge in [-0.25, -0.2) is 0 Å². The summed E-state index contributed by atoms with van der Waals surface area (Å²) in [5, 5.41) is 12.8. The molecule has 1 saturated carbocycles. The van der Waals surface area contributed by atoms with E-state index in [4.69, 9.17) is 14.7 Å². The van der Waals surface area contributed by atoms with Gasteiger partial charge in [0.05, 0.1) is 12.2 Å². The minimum Gasteiger partial charge on any atom is -0.508 e. The van der Waals surface area contributed by atoms with Gasteiger partial charge in [0, 0.05) is 66.9 Å². The van der Waals surface area contributed by atoms with Gasteiger partial charge in [0.15, 0.2) is 0 Å². The summed E-state index contributed by atoms with van der Waals surface area (Å²) in [6, 6.07) is 12.7. The molecule has 1 N–H and O–H groups in total. The number of anilines is 2. The second kappa shape index (κ2) is 10.2. The van der Waals surface area contributed by atoms with Crippen LogP contribution in [0.2, 0.25) is 0 Å². The van der Waals surface area contributed by atoms with Crippen molar-refractivity contribution < 1.29 is 14.6 Å². The Bertz CT molecular complexity index is 1500. The van der Waals surface area contributed by atoms with Gasteiger partial charge in [-0.2, -0.15) is 9.97 Å². The molecule has 214 valence electrons. The molecule has 3 aliphatic heterocycles. The van der Waals surface area contributed by atoms with Crippen molar-refractivity contribution in [3.8, 4) is 11.8 Å². The highest BCUT2D eigenvalue weighted by atomic mass is 16.5. The van der Waals surface area contributed by atoms with Crippen LogP contribution in [0.15, 0.2) is 49.1 Å². The molecule has 3 aromatic rings. The molecule has 1 aromatic heterocycles. The van der Waals surface area contributed by atoms with Gasteiger partial charge in [-0.3, -0.25) is 4.79 Å². The second-order valence-electron chi connectivity index (χ2n) is 12.1. The first-order valence-corrected chi connectivity index (χ1v) is 14.8. The number of aromatic nitrogens is 2. The van der Waals surface area contributed by atoms with Gasteiger partial charge in [-0.15, -0.1) is 0 Å². The van der Waals surface area contributed by atoms with Crippen molar-refractivity contribution in [2.45, 2.75) is 43.7 Å². The standard InChI is InChI=1S/C32H38N6O3/c1-3-28(40)36-13-15-37(16-14-36)30-29-26(33-31(34-30)41-20-23-8-6-12-35(23)2)19-38(21-32(29)10-11-32)27-18-24(39)17-22-7-4-5-9-25(22)27/h3-5,7,9,17-18,23,39H,1,6,8,10-16,19-21H2,2H3/t23-/m0/s1. The summed E-state index contributed by atoms with van der Waals surface area (Å²) in [7, 11) is 2.15. The number of fused-ring (bicyclic) bond motifs is 3. The van der Waals surface area contributed by atoms with Crippen LogP contribution in [0.5, 0.6) is 11.8 Å². The average Bonchev–Trinajstić information content (AvgIpc) is 3.63. The lowest BCUT2D eigenvalue weighted by Crippen LogP contribution is -2.50. The number of piperazine rings is 1. The summed E-state index contributed by atoms with van der Waals surface area (Å²) in [4.78, 5) is 31.3. The van der Waals surface area contributed by atoms with Crippen molar-refractivity contribution in [3.63, 3.8) is 0 Å². The van der Waals surface area contributed by atoms with Crippen molar-refractivity contribution in [2.24, 2.45) is 0 Å². The van der Waals surface area contributed by atoms with Crippen LogP contribution in [0.25, 0.3) is 10.8 Å². The molecule has 41 heavy (non-hydrogen) atoms. The number of benzene rings is 2. The number of likely N-dealkylation sites (tertiary alicyclic amines) is 1. The van der Waals surface area contributed by atoms with Crippen LogP contribution >= 0.6 is 0 Å². The molecular weight excluding hydrogens is 516 g/mol. The molecule has 4 heterocycles. The van der Waals surface area contributed by atoms with Gasteiger partial charge in [0.2, 0.25) is 5.91 Å². The molecule has 4 aliphatic rings. The maximum Gasteiger partial charge on any atom is 0.318 e. The van der Waals surface area contributed by atoms with Gasteiger partial charge in [-0.1, -0.05) is 30.8 Å². The van der Waals surface area contributed by atoms with Crippen LogP contribution in [-0.4, -0.2) is 89.7 Å². The molecule has 2 saturated heterocycles. The topological polar surface area (TPSA) is 85.3 Å². The number of rotatable bonds is 6. The van der Waals surface area contributed by atoms with Crippen LogP contribution in [-0.2, 0) is 16.8 Å². The maximum absolute atomic E-state index is 12.3. The minimum atomic E-state index is -0.0340. The van der Waals surface area contributed by atoms with Crippen molar-refractivity contribution in [1.82, 2.24) is 19.8 Å². The zero-order valence-corrected chi connectivity index (χ0v) is 23.8. The van der Waals surface area contributed by atoms with Gasteiger partial charge in [0.25, 0.3) is 0 Å². The predicted octanol–water partition coefficient (Wildman–Crippen LogP) is 3.69. The van der Waals surface area contributed by atoms with E-state index < -0.39 is 0 Å². The molecule has 1 atom stereocenters. The molecule has 3 fully saturated rings. The zero-order chi connectivity index (χ0) is 28.1. The highest BCUT2D eigenvalue weighted by Gasteiger charge is 2.53. The van der Waals surface area contributed by atoms with E-state index in [1.165, 1.54) is 18.1 Å². The lowest BCUT2D eigenvalue weighted by atomic mass is 9.88. The Morgan fingerprint density at radius 3 is 2.66 bits per heavy atom. The minimum absolute atomic E-state index is 0.0216. The van der Waals surface area contributed by atoms with Crippen LogP contribution in [0.4, 0.5) is 11.5 Å². The molecule has 7 rings (SSSR count). The lowest BCUT2D eigenvalue weighted by molar-refractivity contribution is -0.126. The van der Waals surface area contributed by atoms with Gasteiger partial charge < -0.3 is 29.4 Å². The number of phenols is 1. The summed E-state index contributed by atoms with van der Waals surface area (Å²) in [5.74, 6) is 1.22. The summed E-state index contributed by atoms with van der Waals surface area (Å²) in [6.07, 6.45) is 5.85. The highest BCUT2D eigenvalue weighted by molar-refractivity contribution is 5.96. The van der Waals surface area contributed by atoms with Crippen LogP contribution < -0.4 is 14.5 Å². The molecular formula is C32H38N6O3. The van der Waals surface area contributed by atoms with Crippen molar-refractivity contribution in [3.05, 3.63) is 60.3 Å². The van der Waals surface area contributed by atoms with Crippen molar-refractivity contribution >= 4 is 28.2 Å². The number of hydrogen-bond donors (Lipinski definition) is 1. The first-order chi connectivity index (χ1) is 19.9. The molecule has 1 aliphatic carbocycles. The normalized spacial score (nSPS) is 21.8. The molecule has 0 radical (unpaired) electrons. The number of ether oxygens (including phenoxy) is 1. The Hall–Kier alpha value is -3.85. The third-order valence-electron chi connectivity index (χ3n) is 9.47. The van der Waals surface area contributed by atoms with Gasteiger partial charge in [0.1, 0.15) is 18.2 Å². The molecule has 0 bridgehead atoms. The molecule has 1 amide bonds. The fraction of sp³-hybridized carbons (Fsp3) is 0.469. The van der Waals surface area contributed by atoms with Gasteiger partial charge in [-0.05, 0) is 56.8 Å². The summed E-state index contributed by atoms with van der Waals surface area (Å²) in [6.45, 7) is 9.50. The Labute approximate surface area is 241 Å². The van der Waals surface area contributed by atoms with Crippen LogP contribution in [0, 0.1) is 0 Å². The Balaban J connectivity index is 1.26. The fourth-order valence-corrected chi connectivity index (χ4v) is 7.00. The van der Waals surface area contributed by atoms with Crippen LogP contribution in [0.1, 0.15) is 36.9 Å². The van der Waals surface area contributed by atoms with Crippen LogP contribution in [0.3, 0.4) is 0 Å². The third kappa shape index (κ3) is 4.76.